The summed E-state index contributed by atoms with van der Waals surface area (Å²) < 4.78 is 3.41. The zero-order valence-corrected chi connectivity index (χ0v) is 16.7. The third-order valence-electron chi connectivity index (χ3n) is 4.74. The van der Waals surface area contributed by atoms with E-state index in [9.17, 15) is 4.79 Å². The molecule has 1 aromatic heterocycles. The number of rotatable bonds is 6. The number of aryl methyl sites for hydroxylation is 2. The summed E-state index contributed by atoms with van der Waals surface area (Å²) in [6, 6.07) is 7.82. The maximum absolute atomic E-state index is 12.3. The van der Waals surface area contributed by atoms with Crippen LogP contribution < -0.4 is 11.0 Å². The largest absolute Gasteiger partial charge is 0.356 e. The van der Waals surface area contributed by atoms with Crippen molar-refractivity contribution in [2.45, 2.75) is 45.3 Å². The summed E-state index contributed by atoms with van der Waals surface area (Å²) in [5, 5.41) is 8.55. The van der Waals surface area contributed by atoms with Crippen molar-refractivity contribution < 1.29 is 0 Å². The van der Waals surface area contributed by atoms with Gasteiger partial charge in [-0.15, -0.1) is 0 Å². The molecular weight excluding hydrogens is 364 g/mol. The molecule has 1 aliphatic heterocycles. The maximum Gasteiger partial charge on any atom is 0.345 e. The number of fused-ring (bicyclic) bond motifs is 1. The number of halogens is 1. The fourth-order valence-electron chi connectivity index (χ4n) is 3.39. The van der Waals surface area contributed by atoms with Crippen LogP contribution >= 0.6 is 11.6 Å². The molecule has 27 heavy (non-hydrogen) atoms. The first-order valence-electron chi connectivity index (χ1n) is 9.41. The summed E-state index contributed by atoms with van der Waals surface area (Å²) in [6.45, 7) is 2.85. The average Bonchev–Trinajstić information content (AvgIpc) is 2.98. The van der Waals surface area contributed by atoms with Crippen LogP contribution in [0, 0.1) is 0 Å². The summed E-state index contributed by atoms with van der Waals surface area (Å²) in [5.41, 5.74) is 1.15. The van der Waals surface area contributed by atoms with E-state index in [2.05, 4.69) is 15.4 Å². The predicted octanol–water partition coefficient (Wildman–Crippen LogP) is 2.13. The molecule has 0 amide bonds. The molecule has 8 heteroatoms. The molecule has 7 nitrogen and oxygen atoms in total. The van der Waals surface area contributed by atoms with Gasteiger partial charge in [-0.05, 0) is 37.0 Å². The topological polar surface area (TPSA) is 67.5 Å². The van der Waals surface area contributed by atoms with Crippen molar-refractivity contribution in [2.75, 3.05) is 20.6 Å². The van der Waals surface area contributed by atoms with E-state index in [-0.39, 0.29) is 5.69 Å². The summed E-state index contributed by atoms with van der Waals surface area (Å²) in [5.74, 6) is 1.74. The molecule has 0 fully saturated rings. The minimum Gasteiger partial charge on any atom is -0.356 e. The number of aromatic nitrogens is 3. The Hall–Kier alpha value is -2.28. The van der Waals surface area contributed by atoms with Crippen molar-refractivity contribution in [1.29, 1.82) is 0 Å². The van der Waals surface area contributed by atoms with Crippen LogP contribution in [0.4, 0.5) is 0 Å². The van der Waals surface area contributed by atoms with Crippen molar-refractivity contribution in [3.05, 3.63) is 51.2 Å². The third-order valence-corrected chi connectivity index (χ3v) is 4.98. The number of nitrogens with zero attached hydrogens (tertiary/aromatic N) is 5. The zero-order chi connectivity index (χ0) is 19.2. The standard InChI is InChI=1S/C19H27ClN6O/c1-21-18(24(2)14-15-7-5-8-16(20)13-15)22-10-6-12-26-19(27)25-11-4-3-9-17(25)23-26/h5,7-8,13H,3-4,6,9-12,14H2,1-2H3,(H,21,22). The van der Waals surface area contributed by atoms with Crippen LogP contribution in [0.3, 0.4) is 0 Å². The van der Waals surface area contributed by atoms with Gasteiger partial charge < -0.3 is 10.2 Å². The molecule has 2 aromatic rings. The van der Waals surface area contributed by atoms with Crippen LogP contribution in [0.2, 0.25) is 5.02 Å². The summed E-state index contributed by atoms with van der Waals surface area (Å²) in [7, 11) is 3.76. The average molecular weight is 391 g/mol. The van der Waals surface area contributed by atoms with E-state index in [0.29, 0.717) is 13.1 Å². The van der Waals surface area contributed by atoms with Gasteiger partial charge in [0.05, 0.1) is 0 Å². The molecule has 2 heterocycles. The number of hydrogen-bond donors (Lipinski definition) is 1. The normalized spacial score (nSPS) is 14.1. The Bertz CT molecular complexity index is 856. The van der Waals surface area contributed by atoms with Gasteiger partial charge in [-0.3, -0.25) is 9.56 Å². The molecule has 0 bridgehead atoms. The Kier molecular flexibility index (Phi) is 6.55. The van der Waals surface area contributed by atoms with Crippen LogP contribution in [0.5, 0.6) is 0 Å². The molecule has 1 aromatic carbocycles. The highest BCUT2D eigenvalue weighted by molar-refractivity contribution is 6.30. The Balaban J connectivity index is 1.48. The highest BCUT2D eigenvalue weighted by Gasteiger charge is 2.16. The predicted molar refractivity (Wildman–Crippen MR) is 108 cm³/mol. The van der Waals surface area contributed by atoms with Gasteiger partial charge in [-0.25, -0.2) is 9.48 Å². The molecule has 3 rings (SSSR count). The van der Waals surface area contributed by atoms with Crippen molar-refractivity contribution >= 4 is 17.6 Å². The fourth-order valence-corrected chi connectivity index (χ4v) is 3.60. The van der Waals surface area contributed by atoms with E-state index in [4.69, 9.17) is 11.6 Å². The van der Waals surface area contributed by atoms with Crippen molar-refractivity contribution in [3.8, 4) is 0 Å². The van der Waals surface area contributed by atoms with Crippen LogP contribution in [0.25, 0.3) is 0 Å². The molecule has 0 aliphatic carbocycles. The number of nitrogens with one attached hydrogen (secondary N) is 1. The van der Waals surface area contributed by atoms with Gasteiger partial charge in [0.15, 0.2) is 5.96 Å². The molecule has 0 radical (unpaired) electrons. The van der Waals surface area contributed by atoms with Crippen molar-refractivity contribution in [2.24, 2.45) is 4.99 Å². The highest BCUT2D eigenvalue weighted by Crippen LogP contribution is 2.12. The lowest BCUT2D eigenvalue weighted by Gasteiger charge is -2.22. The van der Waals surface area contributed by atoms with E-state index in [1.165, 1.54) is 0 Å². The number of hydrogen-bond acceptors (Lipinski definition) is 3. The monoisotopic (exact) mass is 390 g/mol. The molecule has 0 atom stereocenters. The summed E-state index contributed by atoms with van der Waals surface area (Å²) in [4.78, 5) is 18.7. The lowest BCUT2D eigenvalue weighted by Crippen LogP contribution is -2.39. The first-order chi connectivity index (χ1) is 13.1. The smallest absolute Gasteiger partial charge is 0.345 e. The number of aliphatic imine (C=N–C) groups is 1. The molecule has 0 spiro atoms. The molecule has 1 N–H and O–H groups in total. The molecule has 0 saturated heterocycles. The van der Waals surface area contributed by atoms with Gasteiger partial charge in [0.2, 0.25) is 0 Å². The van der Waals surface area contributed by atoms with Gasteiger partial charge in [0.25, 0.3) is 0 Å². The van der Waals surface area contributed by atoms with E-state index in [0.717, 1.165) is 61.1 Å². The molecule has 146 valence electrons. The first-order valence-corrected chi connectivity index (χ1v) is 9.79. The van der Waals surface area contributed by atoms with E-state index in [1.54, 1.807) is 11.7 Å². The minimum absolute atomic E-state index is 0.0205. The van der Waals surface area contributed by atoms with Gasteiger partial charge in [0.1, 0.15) is 5.82 Å². The lowest BCUT2D eigenvalue weighted by atomic mass is 10.2. The SMILES string of the molecule is CN=C(NCCCn1nc2n(c1=O)CCCC2)N(C)Cc1cccc(Cl)c1. The van der Waals surface area contributed by atoms with Crippen LogP contribution in [0.1, 0.15) is 30.7 Å². The van der Waals surface area contributed by atoms with Crippen LogP contribution in [0.15, 0.2) is 34.1 Å². The van der Waals surface area contributed by atoms with E-state index >= 15 is 0 Å². The minimum atomic E-state index is 0.0205. The van der Waals surface area contributed by atoms with Crippen LogP contribution in [-0.2, 0) is 26.1 Å². The van der Waals surface area contributed by atoms with E-state index in [1.807, 2.05) is 40.8 Å². The second-order valence-electron chi connectivity index (χ2n) is 6.84. The molecular formula is C19H27ClN6O. The zero-order valence-electron chi connectivity index (χ0n) is 16.0. The Labute approximate surface area is 164 Å². The second kappa shape index (κ2) is 9.08. The summed E-state index contributed by atoms with van der Waals surface area (Å²) >= 11 is 6.05. The van der Waals surface area contributed by atoms with Crippen molar-refractivity contribution in [1.82, 2.24) is 24.6 Å². The van der Waals surface area contributed by atoms with Gasteiger partial charge >= 0.3 is 5.69 Å². The van der Waals surface area contributed by atoms with Gasteiger partial charge in [-0.2, -0.15) is 5.10 Å². The Morgan fingerprint density at radius 2 is 2.26 bits per heavy atom. The first kappa shape index (κ1) is 19.5. The Morgan fingerprint density at radius 1 is 1.41 bits per heavy atom. The highest BCUT2D eigenvalue weighted by atomic mass is 35.5. The summed E-state index contributed by atoms with van der Waals surface area (Å²) in [6.07, 6.45) is 3.89. The second-order valence-corrected chi connectivity index (χ2v) is 7.28. The van der Waals surface area contributed by atoms with Crippen molar-refractivity contribution in [3.63, 3.8) is 0 Å². The lowest BCUT2D eigenvalue weighted by molar-refractivity contribution is 0.469. The molecule has 1 aliphatic rings. The fraction of sp³-hybridized carbons (Fsp3) is 0.526. The van der Waals surface area contributed by atoms with E-state index < -0.39 is 0 Å². The Morgan fingerprint density at radius 3 is 3.00 bits per heavy atom. The third kappa shape index (κ3) is 4.91. The van der Waals surface area contributed by atoms with Crippen LogP contribution in [-0.4, -0.2) is 45.8 Å². The quantitative estimate of drug-likeness (QED) is 0.466. The molecule has 0 saturated carbocycles. The van der Waals surface area contributed by atoms with Gasteiger partial charge in [-0.1, -0.05) is 23.7 Å². The molecule has 0 unspecified atom stereocenters. The van der Waals surface area contributed by atoms with Gasteiger partial charge in [0, 0.05) is 51.7 Å². The maximum atomic E-state index is 12.3. The number of benzene rings is 1. The number of guanidine groups is 1.